The number of hydrogen-bond donors (Lipinski definition) is 2. The molecule has 0 radical (unpaired) electrons. The largest absolute Gasteiger partial charge is 0.356 e. The number of guanidine groups is 1. The molecule has 0 unspecified atom stereocenters. The average Bonchev–Trinajstić information content (AvgIpc) is 3.28. The summed E-state index contributed by atoms with van der Waals surface area (Å²) in [7, 11) is 1.85. The summed E-state index contributed by atoms with van der Waals surface area (Å²) in [5.41, 5.74) is 1.35. The quantitative estimate of drug-likeness (QED) is 0.350. The molecule has 144 valence electrons. The summed E-state index contributed by atoms with van der Waals surface area (Å²) in [5.74, 6) is 1.65. The highest BCUT2D eigenvalue weighted by Crippen LogP contribution is 2.20. The third kappa shape index (κ3) is 6.51. The molecule has 7 heteroatoms. The van der Waals surface area contributed by atoms with Crippen molar-refractivity contribution in [3.05, 3.63) is 44.3 Å². The number of nitrogens with zero attached hydrogens (tertiary/aromatic N) is 2. The van der Waals surface area contributed by atoms with Gasteiger partial charge < -0.3 is 10.6 Å². The third-order valence-electron chi connectivity index (χ3n) is 4.83. The first kappa shape index (κ1) is 21.7. The number of hydrogen-bond acceptors (Lipinski definition) is 4. The summed E-state index contributed by atoms with van der Waals surface area (Å²) in [6.45, 7) is 7.53. The highest BCUT2D eigenvalue weighted by Gasteiger charge is 2.19. The van der Waals surface area contributed by atoms with Crippen LogP contribution in [0.25, 0.3) is 0 Å². The van der Waals surface area contributed by atoms with Crippen LogP contribution in [0.2, 0.25) is 0 Å². The minimum Gasteiger partial charge on any atom is -0.356 e. The van der Waals surface area contributed by atoms with Gasteiger partial charge in [-0.3, -0.25) is 9.89 Å². The van der Waals surface area contributed by atoms with Gasteiger partial charge >= 0.3 is 0 Å². The predicted molar refractivity (Wildman–Crippen MR) is 125 cm³/mol. The van der Waals surface area contributed by atoms with Gasteiger partial charge in [-0.05, 0) is 67.2 Å². The fourth-order valence-corrected chi connectivity index (χ4v) is 4.77. The Morgan fingerprint density at radius 1 is 1.19 bits per heavy atom. The number of nitrogens with one attached hydrogen (secondary N) is 2. The predicted octanol–water partition coefficient (Wildman–Crippen LogP) is 4.31. The lowest BCUT2D eigenvalue weighted by molar-refractivity contribution is 0.179. The second kappa shape index (κ2) is 11.3. The van der Waals surface area contributed by atoms with E-state index in [-0.39, 0.29) is 24.0 Å². The van der Waals surface area contributed by atoms with Gasteiger partial charge in [0.25, 0.3) is 0 Å². The summed E-state index contributed by atoms with van der Waals surface area (Å²) in [6, 6.07) is 6.55. The van der Waals surface area contributed by atoms with Gasteiger partial charge in [0, 0.05) is 29.9 Å². The van der Waals surface area contributed by atoms with Gasteiger partial charge in [0.1, 0.15) is 0 Å². The lowest BCUT2D eigenvalue weighted by Gasteiger charge is -2.32. The molecule has 2 aromatic rings. The van der Waals surface area contributed by atoms with E-state index in [0.29, 0.717) is 0 Å². The van der Waals surface area contributed by atoms with Crippen LogP contribution >= 0.6 is 46.7 Å². The van der Waals surface area contributed by atoms with Crippen LogP contribution in [0.1, 0.15) is 28.2 Å². The van der Waals surface area contributed by atoms with E-state index in [9.17, 15) is 0 Å². The number of aryl methyl sites for hydroxylation is 1. The molecule has 0 amide bonds. The van der Waals surface area contributed by atoms with E-state index in [2.05, 4.69) is 56.4 Å². The van der Waals surface area contributed by atoms with Crippen LogP contribution in [0.15, 0.2) is 34.0 Å². The van der Waals surface area contributed by atoms with Crippen molar-refractivity contribution in [2.45, 2.75) is 32.9 Å². The van der Waals surface area contributed by atoms with E-state index in [1.165, 1.54) is 41.2 Å². The van der Waals surface area contributed by atoms with Crippen molar-refractivity contribution in [3.8, 4) is 0 Å². The summed E-state index contributed by atoms with van der Waals surface area (Å²) < 4.78 is 0. The molecule has 1 saturated heterocycles. The van der Waals surface area contributed by atoms with Crippen molar-refractivity contribution >= 4 is 52.6 Å². The molecule has 3 rings (SSSR count). The van der Waals surface area contributed by atoms with Crippen LogP contribution in [0.5, 0.6) is 0 Å². The van der Waals surface area contributed by atoms with Gasteiger partial charge in [0.15, 0.2) is 5.96 Å². The molecule has 2 N–H and O–H groups in total. The zero-order chi connectivity index (χ0) is 17.5. The number of halogens is 1. The van der Waals surface area contributed by atoms with Crippen molar-refractivity contribution in [1.29, 1.82) is 0 Å². The third-order valence-corrected chi connectivity index (χ3v) is 6.72. The van der Waals surface area contributed by atoms with E-state index in [4.69, 9.17) is 0 Å². The fourth-order valence-electron chi connectivity index (χ4n) is 3.18. The molecule has 1 fully saturated rings. The van der Waals surface area contributed by atoms with Crippen molar-refractivity contribution in [2.24, 2.45) is 10.9 Å². The lowest BCUT2D eigenvalue weighted by atomic mass is 9.97. The van der Waals surface area contributed by atoms with Crippen LogP contribution in [-0.4, -0.2) is 37.5 Å². The van der Waals surface area contributed by atoms with Crippen molar-refractivity contribution < 1.29 is 0 Å². The van der Waals surface area contributed by atoms with E-state index in [0.717, 1.165) is 31.5 Å². The van der Waals surface area contributed by atoms with Gasteiger partial charge in [0.2, 0.25) is 0 Å². The minimum absolute atomic E-state index is 0. The first-order chi connectivity index (χ1) is 12.2. The second-order valence-corrected chi connectivity index (χ2v) is 8.67. The molecule has 0 aliphatic carbocycles. The Morgan fingerprint density at radius 2 is 2.00 bits per heavy atom. The van der Waals surface area contributed by atoms with Crippen LogP contribution in [0, 0.1) is 12.8 Å². The summed E-state index contributed by atoms with van der Waals surface area (Å²) in [4.78, 5) is 9.79. The number of likely N-dealkylation sites (tertiary alicyclic amines) is 1. The van der Waals surface area contributed by atoms with Gasteiger partial charge in [-0.15, -0.1) is 46.7 Å². The van der Waals surface area contributed by atoms with E-state index in [1.54, 1.807) is 11.3 Å². The molecule has 26 heavy (non-hydrogen) atoms. The van der Waals surface area contributed by atoms with Gasteiger partial charge in [-0.1, -0.05) is 6.07 Å². The first-order valence-electron chi connectivity index (χ1n) is 8.97. The Bertz CT molecular complexity index is 661. The van der Waals surface area contributed by atoms with Crippen molar-refractivity contribution in [2.75, 3.05) is 26.7 Å². The Kier molecular flexibility index (Phi) is 9.38. The maximum atomic E-state index is 4.36. The molecule has 0 atom stereocenters. The smallest absolute Gasteiger partial charge is 0.191 e. The van der Waals surface area contributed by atoms with Crippen LogP contribution < -0.4 is 10.6 Å². The second-order valence-electron chi connectivity index (χ2n) is 6.63. The summed E-state index contributed by atoms with van der Waals surface area (Å²) in [6.07, 6.45) is 2.53. The Hall–Kier alpha value is -0.640. The molecule has 0 spiro atoms. The van der Waals surface area contributed by atoms with E-state index >= 15 is 0 Å². The maximum Gasteiger partial charge on any atom is 0.191 e. The van der Waals surface area contributed by atoms with Gasteiger partial charge in [-0.2, -0.15) is 0 Å². The monoisotopic (exact) mass is 504 g/mol. The zero-order valence-corrected chi connectivity index (χ0v) is 19.5. The molecule has 0 aromatic carbocycles. The van der Waals surface area contributed by atoms with Crippen LogP contribution in [0.3, 0.4) is 0 Å². The molecular weight excluding hydrogens is 475 g/mol. The molecule has 0 saturated carbocycles. The molecule has 2 aromatic heterocycles. The highest BCUT2D eigenvalue weighted by atomic mass is 127. The fraction of sp³-hybridized carbons (Fsp3) is 0.526. The number of rotatable bonds is 6. The number of thiophene rings is 2. The molecule has 0 bridgehead atoms. The Labute approximate surface area is 182 Å². The van der Waals surface area contributed by atoms with E-state index < -0.39 is 0 Å². The highest BCUT2D eigenvalue weighted by molar-refractivity contribution is 14.0. The lowest BCUT2D eigenvalue weighted by Crippen LogP contribution is -2.42. The van der Waals surface area contributed by atoms with Crippen molar-refractivity contribution in [3.63, 3.8) is 0 Å². The Balaban J connectivity index is 0.00000243. The maximum absolute atomic E-state index is 4.36. The topological polar surface area (TPSA) is 39.7 Å². The minimum atomic E-state index is 0. The van der Waals surface area contributed by atoms with Crippen LogP contribution in [0.4, 0.5) is 0 Å². The summed E-state index contributed by atoms with van der Waals surface area (Å²) >= 11 is 3.66. The van der Waals surface area contributed by atoms with Crippen molar-refractivity contribution in [1.82, 2.24) is 15.5 Å². The van der Waals surface area contributed by atoms with Gasteiger partial charge in [-0.25, -0.2) is 0 Å². The zero-order valence-electron chi connectivity index (χ0n) is 15.5. The molecular formula is C19H29IN4S2. The molecule has 1 aliphatic rings. The van der Waals surface area contributed by atoms with E-state index in [1.807, 2.05) is 18.4 Å². The first-order valence-corrected chi connectivity index (χ1v) is 10.7. The number of piperidine rings is 1. The average molecular weight is 505 g/mol. The standard InChI is InChI=1S/C19H28N4S2.HI/c1-15-7-11-25-18(15)13-22-19(20-2)21-12-16-5-8-23(9-6-16)14-17-4-3-10-24-17;/h3-4,7,10-11,16H,5-6,8-9,12-14H2,1-2H3,(H2,20,21,22);1H. The Morgan fingerprint density at radius 3 is 2.62 bits per heavy atom. The normalized spacial score (nSPS) is 16.3. The molecule has 1 aliphatic heterocycles. The number of aliphatic imine (C=N–C) groups is 1. The molecule has 3 heterocycles. The van der Waals surface area contributed by atoms with Crippen LogP contribution in [-0.2, 0) is 13.1 Å². The van der Waals surface area contributed by atoms with Gasteiger partial charge in [0.05, 0.1) is 6.54 Å². The summed E-state index contributed by atoms with van der Waals surface area (Å²) in [5, 5.41) is 11.3. The molecule has 4 nitrogen and oxygen atoms in total. The SMILES string of the molecule is CN=C(NCc1sccc1C)NCC1CCN(Cc2cccs2)CC1.I.